The molecule has 1 heterocycles. The highest BCUT2D eigenvalue weighted by Gasteiger charge is 2.21. The average molecular weight is 529 g/mol. The van der Waals surface area contributed by atoms with Gasteiger partial charge in [0.15, 0.2) is 0 Å². The molecule has 0 saturated heterocycles. The standard InChI is InChI=1S/C27H31BrClN3O/c1-19(32-26-16-27(31-18-30-26)33-17-21-6-3-2-4-7-21)25(22-8-5-9-23(28)15-22)14-20-10-12-24(29)13-11-20/h5,8-13,15-16,18-19,21,25H,2-4,6-7,14,17H2,1H3,(H,30,31,32)/t19-,25+/m0/s1. The minimum atomic E-state index is 0.135. The van der Waals surface area contributed by atoms with Crippen molar-refractivity contribution in [2.75, 3.05) is 11.9 Å². The van der Waals surface area contributed by atoms with Crippen LogP contribution in [0.3, 0.4) is 0 Å². The van der Waals surface area contributed by atoms with Crippen molar-refractivity contribution in [3.8, 4) is 5.88 Å². The summed E-state index contributed by atoms with van der Waals surface area (Å²) in [4.78, 5) is 8.79. The van der Waals surface area contributed by atoms with Gasteiger partial charge in [-0.3, -0.25) is 0 Å². The predicted octanol–water partition coefficient (Wildman–Crippen LogP) is 7.68. The molecule has 3 aromatic rings. The van der Waals surface area contributed by atoms with E-state index >= 15 is 0 Å². The highest BCUT2D eigenvalue weighted by molar-refractivity contribution is 9.10. The summed E-state index contributed by atoms with van der Waals surface area (Å²) < 4.78 is 7.10. The van der Waals surface area contributed by atoms with Crippen LogP contribution in [0, 0.1) is 5.92 Å². The van der Waals surface area contributed by atoms with Crippen LogP contribution < -0.4 is 10.1 Å². The molecule has 0 aliphatic heterocycles. The molecule has 2 atom stereocenters. The van der Waals surface area contributed by atoms with Crippen LogP contribution in [0.25, 0.3) is 0 Å². The Labute approximate surface area is 210 Å². The van der Waals surface area contributed by atoms with Crippen LogP contribution in [0.1, 0.15) is 56.1 Å². The monoisotopic (exact) mass is 527 g/mol. The summed E-state index contributed by atoms with van der Waals surface area (Å²) in [6.07, 6.45) is 8.96. The molecule has 1 N–H and O–H groups in total. The van der Waals surface area contributed by atoms with Crippen molar-refractivity contribution >= 4 is 33.3 Å². The minimum Gasteiger partial charge on any atom is -0.477 e. The number of benzene rings is 2. The van der Waals surface area contributed by atoms with Crippen molar-refractivity contribution in [1.29, 1.82) is 0 Å². The van der Waals surface area contributed by atoms with Crippen molar-refractivity contribution in [2.24, 2.45) is 5.92 Å². The maximum Gasteiger partial charge on any atom is 0.218 e. The largest absolute Gasteiger partial charge is 0.477 e. The van der Waals surface area contributed by atoms with Gasteiger partial charge in [-0.2, -0.15) is 0 Å². The Morgan fingerprint density at radius 2 is 1.85 bits per heavy atom. The molecule has 4 rings (SSSR count). The first kappa shape index (κ1) is 24.0. The second-order valence-corrected chi connectivity index (χ2v) is 10.3. The molecule has 1 aliphatic carbocycles. The van der Waals surface area contributed by atoms with Crippen LogP contribution in [-0.2, 0) is 6.42 Å². The van der Waals surface area contributed by atoms with E-state index in [4.69, 9.17) is 16.3 Å². The first-order valence-corrected chi connectivity index (χ1v) is 13.0. The lowest BCUT2D eigenvalue weighted by atomic mass is 9.86. The van der Waals surface area contributed by atoms with Crippen LogP contribution in [0.5, 0.6) is 5.88 Å². The van der Waals surface area contributed by atoms with E-state index in [1.807, 2.05) is 18.2 Å². The van der Waals surface area contributed by atoms with Crippen LogP contribution in [0.2, 0.25) is 5.02 Å². The molecule has 2 aromatic carbocycles. The molecule has 6 heteroatoms. The third kappa shape index (κ3) is 7.18. The molecular formula is C27H31BrClN3O. The molecule has 4 nitrogen and oxygen atoms in total. The van der Waals surface area contributed by atoms with Crippen molar-refractivity contribution < 1.29 is 4.74 Å². The normalized spacial score (nSPS) is 16.2. The van der Waals surface area contributed by atoms with Gasteiger partial charge in [0, 0.05) is 27.5 Å². The number of hydrogen-bond donors (Lipinski definition) is 1. The van der Waals surface area contributed by atoms with Crippen molar-refractivity contribution in [1.82, 2.24) is 9.97 Å². The molecule has 0 unspecified atom stereocenters. The lowest BCUT2D eigenvalue weighted by Crippen LogP contribution is -2.26. The molecule has 0 amide bonds. The van der Waals surface area contributed by atoms with Crippen LogP contribution in [0.15, 0.2) is 65.4 Å². The van der Waals surface area contributed by atoms with Crippen molar-refractivity contribution in [3.05, 3.63) is 81.5 Å². The van der Waals surface area contributed by atoms with Crippen molar-refractivity contribution in [2.45, 2.75) is 57.4 Å². The molecule has 33 heavy (non-hydrogen) atoms. The van der Waals surface area contributed by atoms with E-state index in [-0.39, 0.29) is 12.0 Å². The Morgan fingerprint density at radius 1 is 1.06 bits per heavy atom. The van der Waals surface area contributed by atoms with Crippen LogP contribution >= 0.6 is 27.5 Å². The zero-order valence-corrected chi connectivity index (χ0v) is 21.4. The summed E-state index contributed by atoms with van der Waals surface area (Å²) in [6, 6.07) is 18.7. The lowest BCUT2D eigenvalue weighted by Gasteiger charge is -2.26. The molecule has 174 valence electrons. The highest BCUT2D eigenvalue weighted by atomic mass is 79.9. The first-order chi connectivity index (χ1) is 16.1. The molecule has 1 saturated carbocycles. The predicted molar refractivity (Wildman–Crippen MR) is 139 cm³/mol. The number of ether oxygens (including phenoxy) is 1. The van der Waals surface area contributed by atoms with Gasteiger partial charge in [-0.05, 0) is 67.5 Å². The maximum atomic E-state index is 6.10. The molecule has 0 radical (unpaired) electrons. The van der Waals surface area contributed by atoms with Gasteiger partial charge < -0.3 is 10.1 Å². The van der Waals surface area contributed by atoms with Gasteiger partial charge in [-0.1, -0.05) is 71.1 Å². The first-order valence-electron chi connectivity index (χ1n) is 11.8. The molecule has 0 spiro atoms. The number of hydrogen-bond acceptors (Lipinski definition) is 4. The minimum absolute atomic E-state index is 0.135. The number of halogens is 2. The Bertz CT molecular complexity index is 1020. The van der Waals surface area contributed by atoms with E-state index in [9.17, 15) is 0 Å². The van der Waals surface area contributed by atoms with Gasteiger partial charge >= 0.3 is 0 Å². The Hall–Kier alpha value is -2.11. The number of rotatable bonds is 9. The smallest absolute Gasteiger partial charge is 0.218 e. The number of nitrogens with one attached hydrogen (secondary N) is 1. The third-order valence-electron chi connectivity index (χ3n) is 6.46. The second-order valence-electron chi connectivity index (χ2n) is 8.98. The third-order valence-corrected chi connectivity index (χ3v) is 7.20. The molecule has 1 aromatic heterocycles. The number of nitrogens with zero attached hydrogens (tertiary/aromatic N) is 2. The van der Waals surface area contributed by atoms with Gasteiger partial charge in [0.25, 0.3) is 0 Å². The van der Waals surface area contributed by atoms with E-state index in [0.29, 0.717) is 11.8 Å². The number of aromatic nitrogens is 2. The maximum absolute atomic E-state index is 6.10. The summed E-state index contributed by atoms with van der Waals surface area (Å²) >= 11 is 9.73. The van der Waals surface area contributed by atoms with Crippen LogP contribution in [-0.4, -0.2) is 22.6 Å². The summed E-state index contributed by atoms with van der Waals surface area (Å²) in [5.41, 5.74) is 2.51. The summed E-state index contributed by atoms with van der Waals surface area (Å²) in [5, 5.41) is 4.35. The summed E-state index contributed by atoms with van der Waals surface area (Å²) in [7, 11) is 0. The van der Waals surface area contributed by atoms with E-state index in [1.165, 1.54) is 43.2 Å². The Kier molecular flexibility index (Phi) is 8.63. The van der Waals surface area contributed by atoms with Gasteiger partial charge in [0.1, 0.15) is 12.1 Å². The Balaban J connectivity index is 1.46. The fourth-order valence-electron chi connectivity index (χ4n) is 4.58. The van der Waals surface area contributed by atoms with Crippen molar-refractivity contribution in [3.63, 3.8) is 0 Å². The van der Waals surface area contributed by atoms with Crippen LogP contribution in [0.4, 0.5) is 5.82 Å². The van der Waals surface area contributed by atoms with Gasteiger partial charge in [-0.15, -0.1) is 0 Å². The fraction of sp³-hybridized carbons (Fsp3) is 0.407. The molecule has 1 aliphatic rings. The average Bonchev–Trinajstić information content (AvgIpc) is 2.83. The molecule has 1 fully saturated rings. The lowest BCUT2D eigenvalue weighted by molar-refractivity contribution is 0.202. The zero-order chi connectivity index (χ0) is 23.0. The second kappa shape index (κ2) is 11.8. The van der Waals surface area contributed by atoms with E-state index in [2.05, 4.69) is 74.5 Å². The van der Waals surface area contributed by atoms with E-state index in [1.54, 1.807) is 6.33 Å². The molecular weight excluding hydrogens is 498 g/mol. The van der Waals surface area contributed by atoms with Gasteiger partial charge in [0.2, 0.25) is 5.88 Å². The summed E-state index contributed by atoms with van der Waals surface area (Å²) in [6.45, 7) is 2.94. The zero-order valence-electron chi connectivity index (χ0n) is 19.0. The molecule has 0 bridgehead atoms. The van der Waals surface area contributed by atoms with Gasteiger partial charge in [-0.25, -0.2) is 9.97 Å². The Morgan fingerprint density at radius 3 is 2.61 bits per heavy atom. The van der Waals surface area contributed by atoms with E-state index < -0.39 is 0 Å². The SMILES string of the molecule is C[C@H](Nc1cc(OCC2CCCCC2)ncn1)[C@@H](Cc1ccc(Cl)cc1)c1cccc(Br)c1. The van der Waals surface area contributed by atoms with Gasteiger partial charge in [0.05, 0.1) is 6.61 Å². The number of anilines is 1. The summed E-state index contributed by atoms with van der Waals surface area (Å²) in [5.74, 6) is 2.31. The quantitative estimate of drug-likeness (QED) is 0.309. The fourth-order valence-corrected chi connectivity index (χ4v) is 5.13. The topological polar surface area (TPSA) is 47.0 Å². The van der Waals surface area contributed by atoms with E-state index in [0.717, 1.165) is 28.3 Å². The highest BCUT2D eigenvalue weighted by Crippen LogP contribution is 2.30.